The Morgan fingerprint density at radius 2 is 2.00 bits per heavy atom. The van der Waals surface area contributed by atoms with Crippen LogP contribution in [0.5, 0.6) is 0 Å². The standard InChI is InChI=1S/C16H16FN3O3S/c1-9-7-10(17)3-6-12(9)14-13(8-21)15(18-11-4-5-11)20-16(19-14)24(2,22)23/h3,6-8,11H,4-5H2,1-2H3,(H,18,19,20). The van der Waals surface area contributed by atoms with E-state index in [4.69, 9.17) is 0 Å². The van der Waals surface area contributed by atoms with Gasteiger partial charge in [0.05, 0.1) is 11.3 Å². The van der Waals surface area contributed by atoms with Crippen LogP contribution in [0.25, 0.3) is 11.3 Å². The zero-order chi connectivity index (χ0) is 17.5. The lowest BCUT2D eigenvalue weighted by Gasteiger charge is -2.14. The maximum absolute atomic E-state index is 13.4. The first kappa shape index (κ1) is 16.5. The Bertz CT molecular complexity index is 924. The maximum atomic E-state index is 13.4. The molecule has 8 heteroatoms. The number of carbonyl (C=O) groups excluding carboxylic acids is 1. The molecule has 1 aromatic carbocycles. The van der Waals surface area contributed by atoms with Gasteiger partial charge in [0, 0.05) is 17.9 Å². The molecule has 0 spiro atoms. The lowest BCUT2D eigenvalue weighted by Crippen LogP contribution is -2.14. The van der Waals surface area contributed by atoms with E-state index in [0.29, 0.717) is 17.4 Å². The van der Waals surface area contributed by atoms with E-state index < -0.39 is 15.7 Å². The van der Waals surface area contributed by atoms with Gasteiger partial charge in [-0.1, -0.05) is 0 Å². The molecule has 24 heavy (non-hydrogen) atoms. The molecule has 1 aliphatic rings. The third-order valence-electron chi connectivity index (χ3n) is 3.74. The highest BCUT2D eigenvalue weighted by Gasteiger charge is 2.26. The molecule has 0 unspecified atom stereocenters. The summed E-state index contributed by atoms with van der Waals surface area (Å²) in [7, 11) is -3.67. The van der Waals surface area contributed by atoms with E-state index >= 15 is 0 Å². The first-order chi connectivity index (χ1) is 11.3. The van der Waals surface area contributed by atoms with Gasteiger partial charge >= 0.3 is 0 Å². The van der Waals surface area contributed by atoms with Gasteiger partial charge in [0.15, 0.2) is 6.29 Å². The molecule has 1 aromatic heterocycles. The third kappa shape index (κ3) is 3.28. The molecule has 3 rings (SSSR count). The highest BCUT2D eigenvalue weighted by atomic mass is 32.2. The topological polar surface area (TPSA) is 89.0 Å². The van der Waals surface area contributed by atoms with Crippen molar-refractivity contribution in [1.29, 1.82) is 0 Å². The van der Waals surface area contributed by atoms with E-state index in [1.807, 2.05) is 0 Å². The molecule has 126 valence electrons. The molecule has 2 aromatic rings. The highest BCUT2D eigenvalue weighted by molar-refractivity contribution is 7.90. The maximum Gasteiger partial charge on any atom is 0.249 e. The van der Waals surface area contributed by atoms with E-state index in [2.05, 4.69) is 15.3 Å². The molecule has 1 N–H and O–H groups in total. The molecular formula is C16H16FN3O3S. The van der Waals surface area contributed by atoms with Crippen LogP contribution in [0.2, 0.25) is 0 Å². The summed E-state index contributed by atoms with van der Waals surface area (Å²) < 4.78 is 37.2. The van der Waals surface area contributed by atoms with Gasteiger partial charge < -0.3 is 5.32 Å². The smallest absolute Gasteiger partial charge is 0.249 e. The fraction of sp³-hybridized carbons (Fsp3) is 0.312. The second-order valence-electron chi connectivity index (χ2n) is 5.88. The van der Waals surface area contributed by atoms with E-state index in [-0.39, 0.29) is 28.3 Å². The number of sulfone groups is 1. The summed E-state index contributed by atoms with van der Waals surface area (Å²) in [6.07, 6.45) is 3.46. The SMILES string of the molecule is Cc1cc(F)ccc1-c1nc(S(C)(=O)=O)nc(NC2CC2)c1C=O. The Morgan fingerprint density at radius 1 is 1.29 bits per heavy atom. The summed E-state index contributed by atoms with van der Waals surface area (Å²) in [5.74, 6) is -0.223. The zero-order valence-corrected chi connectivity index (χ0v) is 14.0. The van der Waals surface area contributed by atoms with E-state index in [1.54, 1.807) is 6.92 Å². The quantitative estimate of drug-likeness (QED) is 0.658. The molecule has 1 aliphatic carbocycles. The van der Waals surface area contributed by atoms with Crippen molar-refractivity contribution >= 4 is 21.9 Å². The third-order valence-corrected chi connectivity index (χ3v) is 4.58. The molecule has 6 nitrogen and oxygen atoms in total. The van der Waals surface area contributed by atoms with Gasteiger partial charge in [-0.15, -0.1) is 0 Å². The fourth-order valence-corrected chi connectivity index (χ4v) is 2.87. The molecule has 0 aliphatic heterocycles. The van der Waals surface area contributed by atoms with Crippen molar-refractivity contribution in [2.45, 2.75) is 31.0 Å². The Hall–Kier alpha value is -2.35. The minimum absolute atomic E-state index is 0.170. The van der Waals surface area contributed by atoms with Crippen LogP contribution in [0.15, 0.2) is 23.4 Å². The summed E-state index contributed by atoms with van der Waals surface area (Å²) in [4.78, 5) is 19.7. The molecule has 0 radical (unpaired) electrons. The van der Waals surface area contributed by atoms with Gasteiger partial charge in [-0.3, -0.25) is 4.79 Å². The van der Waals surface area contributed by atoms with Crippen molar-refractivity contribution in [3.63, 3.8) is 0 Å². The summed E-state index contributed by atoms with van der Waals surface area (Å²) >= 11 is 0. The van der Waals surface area contributed by atoms with E-state index in [9.17, 15) is 17.6 Å². The first-order valence-corrected chi connectivity index (χ1v) is 9.29. The number of nitrogens with zero attached hydrogens (tertiary/aromatic N) is 2. The Balaban J connectivity index is 2.27. The van der Waals surface area contributed by atoms with Crippen molar-refractivity contribution in [2.24, 2.45) is 0 Å². The number of halogens is 1. The van der Waals surface area contributed by atoms with Gasteiger partial charge in [0.1, 0.15) is 11.6 Å². The monoisotopic (exact) mass is 349 g/mol. The summed E-state index contributed by atoms with van der Waals surface area (Å²) in [6.45, 7) is 1.67. The van der Waals surface area contributed by atoms with Crippen LogP contribution in [0.1, 0.15) is 28.8 Å². The lowest BCUT2D eigenvalue weighted by atomic mass is 10.0. The second kappa shape index (κ2) is 5.94. The van der Waals surface area contributed by atoms with Crippen LogP contribution in [0.4, 0.5) is 10.2 Å². The van der Waals surface area contributed by atoms with Crippen LogP contribution in [0, 0.1) is 12.7 Å². The minimum Gasteiger partial charge on any atom is -0.367 e. The van der Waals surface area contributed by atoms with Gasteiger partial charge in [-0.2, -0.15) is 0 Å². The number of carbonyl (C=O) groups is 1. The lowest BCUT2D eigenvalue weighted by molar-refractivity contribution is 0.112. The molecule has 0 amide bonds. The fourth-order valence-electron chi connectivity index (χ4n) is 2.36. The number of nitrogens with one attached hydrogen (secondary N) is 1. The Morgan fingerprint density at radius 3 is 2.54 bits per heavy atom. The first-order valence-electron chi connectivity index (χ1n) is 7.40. The summed E-state index contributed by atoms with van der Waals surface area (Å²) in [5.41, 5.74) is 1.39. The van der Waals surface area contributed by atoms with Gasteiger partial charge in [0.25, 0.3) is 0 Å². The summed E-state index contributed by atoms with van der Waals surface area (Å²) in [6, 6.07) is 4.20. The number of hydrogen-bond acceptors (Lipinski definition) is 6. The average Bonchev–Trinajstić information content (AvgIpc) is 3.29. The predicted octanol–water partition coefficient (Wildman–Crippen LogP) is 2.38. The highest BCUT2D eigenvalue weighted by Crippen LogP contribution is 2.32. The average molecular weight is 349 g/mol. The number of anilines is 1. The van der Waals surface area contributed by atoms with Gasteiger partial charge in [0.2, 0.25) is 15.0 Å². The normalized spacial score (nSPS) is 14.5. The molecule has 1 saturated carbocycles. The van der Waals surface area contributed by atoms with Crippen LogP contribution < -0.4 is 5.32 Å². The number of rotatable bonds is 5. The Labute approximate surface area is 139 Å². The zero-order valence-electron chi connectivity index (χ0n) is 13.2. The molecule has 0 saturated heterocycles. The summed E-state index contributed by atoms with van der Waals surface area (Å²) in [5, 5.41) is 2.70. The van der Waals surface area contributed by atoms with Crippen molar-refractivity contribution in [2.75, 3.05) is 11.6 Å². The van der Waals surface area contributed by atoms with Gasteiger partial charge in [-0.05, 0) is 43.5 Å². The predicted molar refractivity (Wildman–Crippen MR) is 87.3 cm³/mol. The van der Waals surface area contributed by atoms with Crippen LogP contribution in [-0.4, -0.2) is 37.0 Å². The molecule has 1 heterocycles. The van der Waals surface area contributed by atoms with E-state index in [0.717, 1.165) is 19.1 Å². The minimum atomic E-state index is -3.67. The van der Waals surface area contributed by atoms with Crippen molar-refractivity contribution in [3.05, 3.63) is 35.1 Å². The largest absolute Gasteiger partial charge is 0.367 e. The number of aryl methyl sites for hydroxylation is 1. The second-order valence-corrected chi connectivity index (χ2v) is 7.79. The van der Waals surface area contributed by atoms with Crippen LogP contribution >= 0.6 is 0 Å². The number of aromatic nitrogens is 2. The molecule has 1 fully saturated rings. The molecular weight excluding hydrogens is 333 g/mol. The van der Waals surface area contributed by atoms with Gasteiger partial charge in [-0.25, -0.2) is 22.8 Å². The molecule has 0 atom stereocenters. The van der Waals surface area contributed by atoms with Crippen LogP contribution in [0.3, 0.4) is 0 Å². The number of hydrogen-bond donors (Lipinski definition) is 1. The van der Waals surface area contributed by atoms with Crippen molar-refractivity contribution in [3.8, 4) is 11.3 Å². The van der Waals surface area contributed by atoms with E-state index in [1.165, 1.54) is 18.2 Å². The number of benzene rings is 1. The van der Waals surface area contributed by atoms with Crippen LogP contribution in [-0.2, 0) is 9.84 Å². The Kier molecular flexibility index (Phi) is 4.08. The number of aldehydes is 1. The molecule has 0 bridgehead atoms. The van der Waals surface area contributed by atoms with Crippen molar-refractivity contribution < 1.29 is 17.6 Å². The van der Waals surface area contributed by atoms with Crippen molar-refractivity contribution in [1.82, 2.24) is 9.97 Å².